The highest BCUT2D eigenvalue weighted by Crippen LogP contribution is 2.25. The fraction of sp³-hybridized carbons (Fsp3) is 0.0909. The van der Waals surface area contributed by atoms with Gasteiger partial charge in [-0.25, -0.2) is 0 Å². The highest BCUT2D eigenvalue weighted by molar-refractivity contribution is 6.42. The van der Waals surface area contributed by atoms with Crippen LogP contribution in [0.3, 0.4) is 0 Å². The summed E-state index contributed by atoms with van der Waals surface area (Å²) in [7, 11) is 1.61. The van der Waals surface area contributed by atoms with E-state index in [1.807, 2.05) is 0 Å². The van der Waals surface area contributed by atoms with Gasteiger partial charge in [0.25, 0.3) is 5.91 Å². The lowest BCUT2D eigenvalue weighted by molar-refractivity contribution is 0.101. The molecule has 2 aromatic heterocycles. The Morgan fingerprint density at radius 3 is 2.72 bits per heavy atom. The number of rotatable bonds is 2. The molecule has 0 aliphatic heterocycles. The first-order chi connectivity index (χ1) is 8.50. The third kappa shape index (κ3) is 2.27. The highest BCUT2D eigenvalue weighted by Gasteiger charge is 2.16. The molecule has 0 atom stereocenters. The van der Waals surface area contributed by atoms with Gasteiger partial charge in [-0.15, -0.1) is 0 Å². The minimum absolute atomic E-state index is 0.163. The summed E-state index contributed by atoms with van der Waals surface area (Å²) in [5.74, 6) is -0.456. The van der Waals surface area contributed by atoms with Crippen molar-refractivity contribution in [3.63, 3.8) is 0 Å². The predicted octanol–water partition coefficient (Wildman–Crippen LogP) is 2.27. The van der Waals surface area contributed by atoms with Crippen molar-refractivity contribution < 1.29 is 4.79 Å². The van der Waals surface area contributed by atoms with E-state index in [-0.39, 0.29) is 27.0 Å². The van der Waals surface area contributed by atoms with E-state index in [4.69, 9.17) is 23.2 Å². The second kappa shape index (κ2) is 4.88. The summed E-state index contributed by atoms with van der Waals surface area (Å²) in [5.41, 5.74) is 0.151. The molecule has 2 N–H and O–H groups in total. The number of nitrogens with one attached hydrogen (secondary N) is 2. The number of pyridine rings is 1. The average Bonchev–Trinajstić information content (AvgIpc) is 2.60. The zero-order valence-corrected chi connectivity index (χ0v) is 10.8. The van der Waals surface area contributed by atoms with Crippen LogP contribution in [0.1, 0.15) is 10.5 Å². The molecule has 0 unspecified atom stereocenters. The van der Waals surface area contributed by atoms with Crippen molar-refractivity contribution in [3.8, 4) is 0 Å². The Morgan fingerprint density at radius 2 is 2.17 bits per heavy atom. The van der Waals surface area contributed by atoms with Gasteiger partial charge in [0.1, 0.15) is 16.5 Å². The van der Waals surface area contributed by atoms with E-state index < -0.39 is 5.91 Å². The zero-order chi connectivity index (χ0) is 13.3. The smallest absolute Gasteiger partial charge is 0.272 e. The van der Waals surface area contributed by atoms with Gasteiger partial charge in [0.15, 0.2) is 0 Å². The molecule has 0 aliphatic rings. The van der Waals surface area contributed by atoms with Gasteiger partial charge in [-0.3, -0.25) is 9.59 Å². The number of aromatic amines is 1. The molecule has 5 nitrogen and oxygen atoms in total. The summed E-state index contributed by atoms with van der Waals surface area (Å²) in [5, 5.41) is 3.04. The minimum Gasteiger partial charge on any atom is -0.366 e. The Bertz CT molecular complexity index is 661. The van der Waals surface area contributed by atoms with Gasteiger partial charge in [-0.1, -0.05) is 23.2 Å². The van der Waals surface area contributed by atoms with Gasteiger partial charge in [0, 0.05) is 25.5 Å². The van der Waals surface area contributed by atoms with Crippen molar-refractivity contribution in [2.45, 2.75) is 0 Å². The Hall–Kier alpha value is -1.72. The largest absolute Gasteiger partial charge is 0.366 e. The van der Waals surface area contributed by atoms with E-state index in [2.05, 4.69) is 10.3 Å². The first kappa shape index (κ1) is 12.7. The van der Waals surface area contributed by atoms with Gasteiger partial charge in [-0.2, -0.15) is 0 Å². The molecular weight excluding hydrogens is 277 g/mol. The Kier molecular flexibility index (Phi) is 3.45. The molecule has 0 saturated carbocycles. The Morgan fingerprint density at radius 1 is 1.44 bits per heavy atom. The maximum Gasteiger partial charge on any atom is 0.272 e. The quantitative estimate of drug-likeness (QED) is 0.889. The second-order valence-electron chi connectivity index (χ2n) is 3.60. The zero-order valence-electron chi connectivity index (χ0n) is 9.33. The number of halogens is 2. The summed E-state index contributed by atoms with van der Waals surface area (Å²) in [4.78, 5) is 26.1. The Labute approximate surface area is 112 Å². The van der Waals surface area contributed by atoms with Crippen molar-refractivity contribution in [1.82, 2.24) is 9.55 Å². The third-order valence-corrected chi connectivity index (χ3v) is 3.26. The second-order valence-corrected chi connectivity index (χ2v) is 4.37. The number of hydrogen-bond acceptors (Lipinski definition) is 2. The van der Waals surface area contributed by atoms with Gasteiger partial charge in [0.05, 0.1) is 5.02 Å². The number of anilines is 1. The molecule has 0 aliphatic carbocycles. The van der Waals surface area contributed by atoms with Crippen LogP contribution in [0, 0.1) is 0 Å². The maximum absolute atomic E-state index is 12.0. The number of amides is 1. The molecule has 2 heterocycles. The fourth-order valence-corrected chi connectivity index (χ4v) is 1.84. The molecule has 0 bridgehead atoms. The van der Waals surface area contributed by atoms with Crippen molar-refractivity contribution >= 4 is 34.8 Å². The van der Waals surface area contributed by atoms with Crippen molar-refractivity contribution in [3.05, 3.63) is 50.6 Å². The number of carbonyl (C=O) groups is 1. The normalized spacial score (nSPS) is 10.4. The lowest BCUT2D eigenvalue weighted by Gasteiger charge is -2.05. The predicted molar refractivity (Wildman–Crippen MR) is 70.4 cm³/mol. The summed E-state index contributed by atoms with van der Waals surface area (Å²) in [6, 6.07) is 2.76. The van der Waals surface area contributed by atoms with E-state index >= 15 is 0 Å². The van der Waals surface area contributed by atoms with Crippen molar-refractivity contribution in [1.29, 1.82) is 0 Å². The average molecular weight is 286 g/mol. The fourth-order valence-electron chi connectivity index (χ4n) is 1.46. The molecule has 7 heteroatoms. The number of H-pyrrole nitrogens is 1. The minimum atomic E-state index is -0.456. The van der Waals surface area contributed by atoms with Crippen molar-refractivity contribution in [2.75, 3.05) is 5.32 Å². The SMILES string of the molecule is Cn1c(C(=O)Nc2c[nH]ccc2=O)cc(Cl)c1Cl. The standard InChI is InChI=1S/C11H9Cl2N3O2/c1-16-8(4-6(12)10(16)13)11(18)15-7-5-14-3-2-9(7)17/h2-5H,1H3,(H,14,17)(H,15,18). The van der Waals surface area contributed by atoms with Gasteiger partial charge in [-0.05, 0) is 6.07 Å². The molecule has 0 saturated heterocycles. The van der Waals surface area contributed by atoms with E-state index in [1.54, 1.807) is 7.05 Å². The number of carbonyl (C=O) groups excluding carboxylic acids is 1. The first-order valence-electron chi connectivity index (χ1n) is 5.00. The molecule has 0 radical (unpaired) electrons. The summed E-state index contributed by atoms with van der Waals surface area (Å²) in [6.07, 6.45) is 2.89. The molecule has 0 spiro atoms. The van der Waals surface area contributed by atoms with Crippen LogP contribution in [0.4, 0.5) is 5.69 Å². The third-order valence-electron chi connectivity index (χ3n) is 2.42. The molecule has 2 rings (SSSR count). The summed E-state index contributed by atoms with van der Waals surface area (Å²) >= 11 is 11.7. The molecule has 94 valence electrons. The van der Waals surface area contributed by atoms with Crippen LogP contribution in [-0.2, 0) is 7.05 Å². The van der Waals surface area contributed by atoms with Crippen molar-refractivity contribution in [2.24, 2.45) is 7.05 Å². The number of aromatic nitrogens is 2. The van der Waals surface area contributed by atoms with Gasteiger partial charge < -0.3 is 14.9 Å². The van der Waals surface area contributed by atoms with Crippen LogP contribution in [0.2, 0.25) is 10.2 Å². The summed E-state index contributed by atoms with van der Waals surface area (Å²) < 4.78 is 1.44. The topological polar surface area (TPSA) is 66.9 Å². The number of hydrogen-bond donors (Lipinski definition) is 2. The van der Waals surface area contributed by atoms with Crippen LogP contribution < -0.4 is 10.7 Å². The van der Waals surface area contributed by atoms with Gasteiger partial charge in [0.2, 0.25) is 5.43 Å². The molecular formula is C11H9Cl2N3O2. The summed E-state index contributed by atoms with van der Waals surface area (Å²) in [6.45, 7) is 0. The molecule has 1 amide bonds. The van der Waals surface area contributed by atoms with Gasteiger partial charge >= 0.3 is 0 Å². The van der Waals surface area contributed by atoms with Crippen LogP contribution >= 0.6 is 23.2 Å². The molecule has 0 aromatic carbocycles. The van der Waals surface area contributed by atoms with E-state index in [1.165, 1.54) is 29.1 Å². The van der Waals surface area contributed by atoms with Crippen LogP contribution in [-0.4, -0.2) is 15.5 Å². The first-order valence-corrected chi connectivity index (χ1v) is 5.75. The van der Waals surface area contributed by atoms with E-state index in [0.29, 0.717) is 0 Å². The molecule has 0 fully saturated rings. The molecule has 18 heavy (non-hydrogen) atoms. The van der Waals surface area contributed by atoms with E-state index in [9.17, 15) is 9.59 Å². The lowest BCUT2D eigenvalue weighted by atomic mass is 10.3. The van der Waals surface area contributed by atoms with Crippen LogP contribution in [0.25, 0.3) is 0 Å². The maximum atomic E-state index is 12.0. The monoisotopic (exact) mass is 285 g/mol. The lowest BCUT2D eigenvalue weighted by Crippen LogP contribution is -2.20. The van der Waals surface area contributed by atoms with Crippen LogP contribution in [0.15, 0.2) is 29.3 Å². The molecule has 2 aromatic rings. The number of nitrogens with zero attached hydrogens (tertiary/aromatic N) is 1. The Balaban J connectivity index is 2.31. The highest BCUT2D eigenvalue weighted by atomic mass is 35.5. The van der Waals surface area contributed by atoms with E-state index in [0.717, 1.165) is 0 Å². The van der Waals surface area contributed by atoms with Crippen LogP contribution in [0.5, 0.6) is 0 Å².